The zero-order valence-electron chi connectivity index (χ0n) is 13.2. The molecular weight excluding hydrogens is 319 g/mol. The molecule has 1 aliphatic heterocycles. The van der Waals surface area contributed by atoms with Gasteiger partial charge in [0, 0.05) is 25.8 Å². The molecule has 1 aromatic heterocycles. The predicted octanol–water partition coefficient (Wildman–Crippen LogP) is 3.27. The normalized spacial score (nSPS) is 18.7. The minimum Gasteiger partial charge on any atom is -0.387 e. The summed E-state index contributed by atoms with van der Waals surface area (Å²) in [4.78, 5) is 2.14. The van der Waals surface area contributed by atoms with Crippen LogP contribution in [0.5, 0.6) is 0 Å². The average Bonchev–Trinajstić information content (AvgIpc) is 3.07. The van der Waals surface area contributed by atoms with E-state index in [1.165, 1.54) is 10.9 Å². The number of alkyl halides is 3. The lowest BCUT2D eigenvalue weighted by Crippen LogP contribution is -2.37. The fourth-order valence-corrected chi connectivity index (χ4v) is 3.08. The first-order chi connectivity index (χ1) is 11.4. The third kappa shape index (κ3) is 3.96. The number of hydrogen-bond acceptors (Lipinski definition) is 3. The second-order valence-electron chi connectivity index (χ2n) is 6.14. The van der Waals surface area contributed by atoms with E-state index < -0.39 is 18.0 Å². The van der Waals surface area contributed by atoms with Crippen molar-refractivity contribution in [1.82, 2.24) is 14.7 Å². The molecule has 24 heavy (non-hydrogen) atoms. The van der Waals surface area contributed by atoms with Crippen LogP contribution in [0.15, 0.2) is 42.6 Å². The third-order valence-corrected chi connectivity index (χ3v) is 4.45. The van der Waals surface area contributed by atoms with Crippen LogP contribution in [-0.2, 0) is 6.18 Å². The van der Waals surface area contributed by atoms with Crippen LogP contribution in [0.2, 0.25) is 0 Å². The van der Waals surface area contributed by atoms with Gasteiger partial charge in [-0.25, -0.2) is 0 Å². The van der Waals surface area contributed by atoms with E-state index in [-0.39, 0.29) is 6.04 Å². The van der Waals surface area contributed by atoms with Crippen molar-refractivity contribution in [3.05, 3.63) is 53.9 Å². The van der Waals surface area contributed by atoms with Crippen molar-refractivity contribution in [3.63, 3.8) is 0 Å². The van der Waals surface area contributed by atoms with Crippen LogP contribution in [0.4, 0.5) is 13.2 Å². The summed E-state index contributed by atoms with van der Waals surface area (Å²) < 4.78 is 39.3. The Morgan fingerprint density at radius 3 is 2.38 bits per heavy atom. The van der Waals surface area contributed by atoms with Crippen molar-refractivity contribution >= 4 is 0 Å². The maximum absolute atomic E-state index is 12.6. The number of rotatable bonds is 4. The number of β-amino-alcohol motifs (C(OH)–C–C–N with tert-alkyl or cyclic N) is 1. The lowest BCUT2D eigenvalue weighted by molar-refractivity contribution is -0.141. The van der Waals surface area contributed by atoms with Gasteiger partial charge in [0.25, 0.3) is 0 Å². The highest BCUT2D eigenvalue weighted by Gasteiger charge is 2.34. The van der Waals surface area contributed by atoms with Gasteiger partial charge in [-0.2, -0.15) is 18.3 Å². The van der Waals surface area contributed by atoms with Crippen LogP contribution in [0.1, 0.15) is 36.2 Å². The summed E-state index contributed by atoms with van der Waals surface area (Å²) in [6, 6.07) is 10.5. The molecule has 1 saturated heterocycles. The number of aromatic nitrogens is 2. The summed E-state index contributed by atoms with van der Waals surface area (Å²) in [7, 11) is 0. The maximum Gasteiger partial charge on any atom is 0.435 e. The fraction of sp³-hybridized carbons (Fsp3) is 0.471. The molecule has 2 heterocycles. The molecule has 7 heteroatoms. The van der Waals surface area contributed by atoms with Gasteiger partial charge in [-0.1, -0.05) is 30.3 Å². The molecular formula is C17H20F3N3O. The van der Waals surface area contributed by atoms with Crippen LogP contribution in [-0.4, -0.2) is 39.4 Å². The SMILES string of the molecule is O[C@H](CN1CCC(n2ccc(C(F)(F)F)n2)CC1)c1ccccc1. The second-order valence-corrected chi connectivity index (χ2v) is 6.14. The monoisotopic (exact) mass is 339 g/mol. The zero-order valence-corrected chi connectivity index (χ0v) is 13.2. The molecule has 1 aliphatic rings. The van der Waals surface area contributed by atoms with Crippen LogP contribution in [0.3, 0.4) is 0 Å². The molecule has 0 spiro atoms. The van der Waals surface area contributed by atoms with E-state index in [0.29, 0.717) is 6.54 Å². The molecule has 1 atom stereocenters. The van der Waals surface area contributed by atoms with Gasteiger partial charge in [0.1, 0.15) is 0 Å². The van der Waals surface area contributed by atoms with Gasteiger partial charge in [0.2, 0.25) is 0 Å². The first kappa shape index (κ1) is 17.0. The number of aliphatic hydroxyl groups excluding tert-OH is 1. The highest BCUT2D eigenvalue weighted by atomic mass is 19.4. The molecule has 3 rings (SSSR count). The molecule has 0 bridgehead atoms. The number of likely N-dealkylation sites (tertiary alicyclic amines) is 1. The molecule has 130 valence electrons. The van der Waals surface area contributed by atoms with Gasteiger partial charge < -0.3 is 10.0 Å². The van der Waals surface area contributed by atoms with Crippen molar-refractivity contribution in [3.8, 4) is 0 Å². The molecule has 0 aliphatic carbocycles. The van der Waals surface area contributed by atoms with Crippen molar-refractivity contribution in [2.75, 3.05) is 19.6 Å². The Balaban J connectivity index is 1.53. The number of halogens is 3. The zero-order chi connectivity index (χ0) is 17.2. The quantitative estimate of drug-likeness (QED) is 0.929. The molecule has 2 aromatic rings. The number of aliphatic hydroxyl groups is 1. The molecule has 1 fully saturated rings. The number of hydrogen-bond donors (Lipinski definition) is 1. The lowest BCUT2D eigenvalue weighted by Gasteiger charge is -2.33. The molecule has 0 saturated carbocycles. The lowest BCUT2D eigenvalue weighted by atomic mass is 10.0. The van der Waals surface area contributed by atoms with Gasteiger partial charge in [0.05, 0.1) is 12.1 Å². The summed E-state index contributed by atoms with van der Waals surface area (Å²) in [5.41, 5.74) is 0.0333. The van der Waals surface area contributed by atoms with Gasteiger partial charge in [0.15, 0.2) is 5.69 Å². The molecule has 0 radical (unpaired) electrons. The summed E-state index contributed by atoms with van der Waals surface area (Å²) in [5, 5.41) is 13.9. The Bertz CT molecular complexity index is 649. The van der Waals surface area contributed by atoms with Gasteiger partial charge in [-0.3, -0.25) is 4.68 Å². The van der Waals surface area contributed by atoms with Crippen LogP contribution < -0.4 is 0 Å². The number of piperidine rings is 1. The number of nitrogens with zero attached hydrogens (tertiary/aromatic N) is 3. The van der Waals surface area contributed by atoms with E-state index in [1.54, 1.807) is 0 Å². The standard InChI is InChI=1S/C17H20F3N3O/c18-17(19,20)16-8-11-23(21-16)14-6-9-22(10-7-14)12-15(24)13-4-2-1-3-5-13/h1-5,8,11,14-15,24H,6-7,9-10,12H2/t15-/m1/s1. The Hall–Kier alpha value is -1.86. The van der Waals surface area contributed by atoms with Gasteiger partial charge in [-0.15, -0.1) is 0 Å². The first-order valence-corrected chi connectivity index (χ1v) is 8.01. The highest BCUT2D eigenvalue weighted by Crippen LogP contribution is 2.30. The van der Waals surface area contributed by atoms with Crippen LogP contribution in [0.25, 0.3) is 0 Å². The van der Waals surface area contributed by atoms with E-state index in [0.717, 1.165) is 37.6 Å². The largest absolute Gasteiger partial charge is 0.435 e. The van der Waals surface area contributed by atoms with E-state index in [4.69, 9.17) is 0 Å². The van der Waals surface area contributed by atoms with Crippen LogP contribution >= 0.6 is 0 Å². The molecule has 1 N–H and O–H groups in total. The van der Waals surface area contributed by atoms with E-state index in [1.807, 2.05) is 30.3 Å². The number of benzene rings is 1. The fourth-order valence-electron chi connectivity index (χ4n) is 3.08. The Morgan fingerprint density at radius 2 is 1.79 bits per heavy atom. The summed E-state index contributed by atoms with van der Waals surface area (Å²) >= 11 is 0. The predicted molar refractivity (Wildman–Crippen MR) is 83.3 cm³/mol. The molecule has 0 amide bonds. The van der Waals surface area contributed by atoms with E-state index >= 15 is 0 Å². The van der Waals surface area contributed by atoms with E-state index in [2.05, 4.69) is 10.00 Å². The van der Waals surface area contributed by atoms with Crippen molar-refractivity contribution in [2.24, 2.45) is 0 Å². The maximum atomic E-state index is 12.6. The highest BCUT2D eigenvalue weighted by molar-refractivity contribution is 5.17. The van der Waals surface area contributed by atoms with Crippen molar-refractivity contribution < 1.29 is 18.3 Å². The second kappa shape index (κ2) is 6.94. The van der Waals surface area contributed by atoms with Gasteiger partial charge >= 0.3 is 6.18 Å². The minimum absolute atomic E-state index is 0.0220. The minimum atomic E-state index is -4.40. The molecule has 1 aromatic carbocycles. The van der Waals surface area contributed by atoms with E-state index in [9.17, 15) is 18.3 Å². The molecule has 0 unspecified atom stereocenters. The van der Waals surface area contributed by atoms with Crippen molar-refractivity contribution in [1.29, 1.82) is 0 Å². The summed E-state index contributed by atoms with van der Waals surface area (Å²) in [5.74, 6) is 0. The Morgan fingerprint density at radius 1 is 1.12 bits per heavy atom. The first-order valence-electron chi connectivity index (χ1n) is 8.01. The Kier molecular flexibility index (Phi) is 4.91. The topological polar surface area (TPSA) is 41.3 Å². The third-order valence-electron chi connectivity index (χ3n) is 4.45. The van der Waals surface area contributed by atoms with Crippen molar-refractivity contribution in [2.45, 2.75) is 31.2 Å². The molecule has 4 nitrogen and oxygen atoms in total. The smallest absolute Gasteiger partial charge is 0.387 e. The summed E-state index contributed by atoms with van der Waals surface area (Å²) in [6.45, 7) is 2.00. The Labute approximate surface area is 138 Å². The van der Waals surface area contributed by atoms with Crippen LogP contribution in [0, 0.1) is 0 Å². The summed E-state index contributed by atoms with van der Waals surface area (Å²) in [6.07, 6.45) is -2.10. The average molecular weight is 339 g/mol. The van der Waals surface area contributed by atoms with Gasteiger partial charge in [-0.05, 0) is 24.5 Å².